The molecular weight excluding hydrogens is 168 g/mol. The first-order valence-electron chi connectivity index (χ1n) is 4.63. The third-order valence-electron chi connectivity index (χ3n) is 2.68. The van der Waals surface area contributed by atoms with E-state index < -0.39 is 0 Å². The molecule has 3 atom stereocenters. The topological polar surface area (TPSA) is 55.6 Å². The van der Waals surface area contributed by atoms with Gasteiger partial charge in [-0.05, 0) is 12.8 Å². The molecule has 0 aliphatic carbocycles. The van der Waals surface area contributed by atoms with Gasteiger partial charge >= 0.3 is 0 Å². The Hall–Kier alpha value is -0.610. The lowest BCUT2D eigenvalue weighted by Crippen LogP contribution is -2.38. The van der Waals surface area contributed by atoms with E-state index in [4.69, 9.17) is 10.5 Å². The Kier molecular flexibility index (Phi) is 3.27. The first-order chi connectivity index (χ1) is 6.06. The van der Waals surface area contributed by atoms with Crippen LogP contribution >= 0.6 is 0 Å². The fourth-order valence-corrected chi connectivity index (χ4v) is 1.53. The number of ether oxygens (including phenoxy) is 1. The number of likely N-dealkylation sites (tertiary alicyclic amines) is 1. The second-order valence-corrected chi connectivity index (χ2v) is 3.76. The van der Waals surface area contributed by atoms with E-state index in [1.165, 1.54) is 0 Å². The Morgan fingerprint density at radius 1 is 1.62 bits per heavy atom. The van der Waals surface area contributed by atoms with Crippen molar-refractivity contribution in [2.45, 2.75) is 26.0 Å². The first-order valence-corrected chi connectivity index (χ1v) is 4.63. The third kappa shape index (κ3) is 2.19. The zero-order valence-corrected chi connectivity index (χ0v) is 8.49. The molecule has 0 saturated carbocycles. The van der Waals surface area contributed by atoms with Crippen LogP contribution in [0.25, 0.3) is 0 Å². The summed E-state index contributed by atoms with van der Waals surface area (Å²) in [5, 5.41) is 0. The van der Waals surface area contributed by atoms with E-state index in [1.807, 2.05) is 0 Å². The highest BCUT2D eigenvalue weighted by Crippen LogP contribution is 2.15. The summed E-state index contributed by atoms with van der Waals surface area (Å²) in [4.78, 5) is 13.4. The lowest BCUT2D eigenvalue weighted by atomic mass is 10.1. The highest BCUT2D eigenvalue weighted by Gasteiger charge is 2.31. The van der Waals surface area contributed by atoms with Gasteiger partial charge in [0.2, 0.25) is 0 Å². The number of rotatable bonds is 2. The van der Waals surface area contributed by atoms with E-state index in [2.05, 4.69) is 6.92 Å². The molecule has 3 unspecified atom stereocenters. The van der Waals surface area contributed by atoms with Crippen molar-refractivity contribution in [2.75, 3.05) is 20.2 Å². The molecule has 1 amide bonds. The predicted molar refractivity (Wildman–Crippen MR) is 50.2 cm³/mol. The minimum atomic E-state index is -0.350. The molecule has 4 heteroatoms. The number of carbonyl (C=O) groups is 1. The maximum atomic E-state index is 11.6. The van der Waals surface area contributed by atoms with Crippen molar-refractivity contribution in [3.8, 4) is 0 Å². The molecule has 1 aliphatic rings. The van der Waals surface area contributed by atoms with Crippen molar-refractivity contribution in [2.24, 2.45) is 11.7 Å². The predicted octanol–water partition coefficient (Wildman–Crippen LogP) is -0.173. The Labute approximate surface area is 79.0 Å². The maximum absolute atomic E-state index is 11.6. The smallest absolute Gasteiger partial charge is 0.251 e. The molecular formula is C9H18N2O2. The molecule has 13 heavy (non-hydrogen) atoms. The number of hydrogen-bond donors (Lipinski definition) is 1. The van der Waals surface area contributed by atoms with Crippen molar-refractivity contribution in [3.63, 3.8) is 0 Å². The molecule has 4 nitrogen and oxygen atoms in total. The molecule has 0 aromatic carbocycles. The van der Waals surface area contributed by atoms with Crippen LogP contribution in [0.5, 0.6) is 0 Å². The summed E-state index contributed by atoms with van der Waals surface area (Å²) in [7, 11) is 1.54. The summed E-state index contributed by atoms with van der Waals surface area (Å²) < 4.78 is 4.96. The van der Waals surface area contributed by atoms with Crippen molar-refractivity contribution < 1.29 is 9.53 Å². The quantitative estimate of drug-likeness (QED) is 0.651. The van der Waals surface area contributed by atoms with Gasteiger partial charge in [-0.2, -0.15) is 0 Å². The fraction of sp³-hybridized carbons (Fsp3) is 0.889. The average molecular weight is 186 g/mol. The Morgan fingerprint density at radius 2 is 2.23 bits per heavy atom. The van der Waals surface area contributed by atoms with Gasteiger partial charge in [-0.1, -0.05) is 6.92 Å². The maximum Gasteiger partial charge on any atom is 0.251 e. The molecule has 1 fully saturated rings. The van der Waals surface area contributed by atoms with Gasteiger partial charge in [0.1, 0.15) is 6.10 Å². The lowest BCUT2D eigenvalue weighted by molar-refractivity contribution is -0.139. The molecule has 1 heterocycles. The molecule has 0 radical (unpaired) electrons. The minimum Gasteiger partial charge on any atom is -0.372 e. The van der Waals surface area contributed by atoms with Crippen LogP contribution in [0.4, 0.5) is 0 Å². The van der Waals surface area contributed by atoms with Crippen LogP contribution in [-0.4, -0.2) is 43.2 Å². The number of amides is 1. The zero-order chi connectivity index (χ0) is 10.0. The van der Waals surface area contributed by atoms with Crippen LogP contribution in [0, 0.1) is 5.92 Å². The Bertz CT molecular complexity index is 186. The van der Waals surface area contributed by atoms with Gasteiger partial charge < -0.3 is 15.4 Å². The first kappa shape index (κ1) is 10.5. The number of nitrogens with zero attached hydrogens (tertiary/aromatic N) is 1. The van der Waals surface area contributed by atoms with Gasteiger partial charge in [0.15, 0.2) is 0 Å². The van der Waals surface area contributed by atoms with E-state index in [0.29, 0.717) is 12.5 Å². The molecule has 1 aliphatic heterocycles. The summed E-state index contributed by atoms with van der Waals surface area (Å²) in [6.07, 6.45) is -0.350. The SMILES string of the molecule is COC(C)C(=O)N1CC(C)C(N)C1. The summed E-state index contributed by atoms with van der Waals surface area (Å²) in [5.41, 5.74) is 5.81. The van der Waals surface area contributed by atoms with E-state index in [1.54, 1.807) is 18.9 Å². The summed E-state index contributed by atoms with van der Waals surface area (Å²) in [6, 6.07) is 0.119. The molecule has 1 rings (SSSR count). The largest absolute Gasteiger partial charge is 0.372 e. The molecule has 0 spiro atoms. The number of nitrogens with two attached hydrogens (primary N) is 1. The number of carbonyl (C=O) groups excluding carboxylic acids is 1. The van der Waals surface area contributed by atoms with Crippen molar-refractivity contribution >= 4 is 5.91 Å². The number of methoxy groups -OCH3 is 1. The van der Waals surface area contributed by atoms with E-state index in [-0.39, 0.29) is 18.1 Å². The number of hydrogen-bond acceptors (Lipinski definition) is 3. The molecule has 0 aromatic rings. The van der Waals surface area contributed by atoms with E-state index in [9.17, 15) is 4.79 Å². The monoisotopic (exact) mass is 186 g/mol. The molecule has 2 N–H and O–H groups in total. The minimum absolute atomic E-state index is 0.0438. The lowest BCUT2D eigenvalue weighted by Gasteiger charge is -2.19. The Morgan fingerprint density at radius 3 is 2.62 bits per heavy atom. The molecule has 76 valence electrons. The Balaban J connectivity index is 2.50. The van der Waals surface area contributed by atoms with Crippen LogP contribution in [0.2, 0.25) is 0 Å². The van der Waals surface area contributed by atoms with Crippen molar-refractivity contribution in [1.82, 2.24) is 4.90 Å². The highest BCUT2D eigenvalue weighted by atomic mass is 16.5. The van der Waals surface area contributed by atoms with Gasteiger partial charge in [-0.15, -0.1) is 0 Å². The van der Waals surface area contributed by atoms with Gasteiger partial charge in [0, 0.05) is 26.2 Å². The van der Waals surface area contributed by atoms with Crippen LogP contribution < -0.4 is 5.73 Å². The summed E-state index contributed by atoms with van der Waals surface area (Å²) >= 11 is 0. The second kappa shape index (κ2) is 4.07. The van der Waals surface area contributed by atoms with Crippen LogP contribution in [0.3, 0.4) is 0 Å². The van der Waals surface area contributed by atoms with E-state index >= 15 is 0 Å². The standard InChI is InChI=1S/C9H18N2O2/c1-6-4-11(5-8(6)10)9(12)7(2)13-3/h6-8H,4-5,10H2,1-3H3. The molecule has 0 bridgehead atoms. The zero-order valence-electron chi connectivity index (χ0n) is 8.49. The van der Waals surface area contributed by atoms with Crippen molar-refractivity contribution in [3.05, 3.63) is 0 Å². The highest BCUT2D eigenvalue weighted by molar-refractivity contribution is 5.80. The van der Waals surface area contributed by atoms with Crippen molar-refractivity contribution in [1.29, 1.82) is 0 Å². The molecule has 1 saturated heterocycles. The van der Waals surface area contributed by atoms with Gasteiger partial charge in [0.05, 0.1) is 0 Å². The molecule has 0 aromatic heterocycles. The van der Waals surface area contributed by atoms with Crippen LogP contribution in [0.1, 0.15) is 13.8 Å². The third-order valence-corrected chi connectivity index (χ3v) is 2.68. The normalized spacial score (nSPS) is 30.6. The average Bonchev–Trinajstić information content (AvgIpc) is 2.44. The van der Waals surface area contributed by atoms with Gasteiger partial charge in [-0.25, -0.2) is 0 Å². The van der Waals surface area contributed by atoms with Gasteiger partial charge in [-0.3, -0.25) is 4.79 Å². The fourth-order valence-electron chi connectivity index (χ4n) is 1.53. The van der Waals surface area contributed by atoms with Crippen LogP contribution in [-0.2, 0) is 9.53 Å². The van der Waals surface area contributed by atoms with Gasteiger partial charge in [0.25, 0.3) is 5.91 Å². The summed E-state index contributed by atoms with van der Waals surface area (Å²) in [6.45, 7) is 5.24. The van der Waals surface area contributed by atoms with Crippen LogP contribution in [0.15, 0.2) is 0 Å². The van der Waals surface area contributed by atoms with E-state index in [0.717, 1.165) is 6.54 Å². The second-order valence-electron chi connectivity index (χ2n) is 3.76. The summed E-state index contributed by atoms with van der Waals surface area (Å²) in [5.74, 6) is 0.440.